The van der Waals surface area contributed by atoms with E-state index in [9.17, 15) is 0 Å². The number of aryl methyl sites for hydroxylation is 6. The van der Waals surface area contributed by atoms with Gasteiger partial charge in [0.15, 0.2) is 0 Å². The van der Waals surface area contributed by atoms with Crippen molar-refractivity contribution in [3.63, 3.8) is 0 Å². The normalized spacial score (nSPS) is 10.8. The predicted molar refractivity (Wildman–Crippen MR) is 115 cm³/mol. The van der Waals surface area contributed by atoms with Crippen molar-refractivity contribution in [1.29, 1.82) is 0 Å². The summed E-state index contributed by atoms with van der Waals surface area (Å²) < 4.78 is 19.1. The molecule has 0 radical (unpaired) electrons. The van der Waals surface area contributed by atoms with Crippen LogP contribution in [-0.2, 0) is 0 Å². The summed E-state index contributed by atoms with van der Waals surface area (Å²) in [5.74, 6) is 2.52. The maximum absolute atomic E-state index is 6.38. The molecule has 3 aromatic carbocycles. The van der Waals surface area contributed by atoms with E-state index >= 15 is 0 Å². The van der Waals surface area contributed by atoms with Gasteiger partial charge in [0.25, 0.3) is 0 Å². The van der Waals surface area contributed by atoms with E-state index in [2.05, 4.69) is 75.4 Å². The van der Waals surface area contributed by atoms with Crippen LogP contribution in [0.5, 0.6) is 17.2 Å². The molecule has 0 atom stereocenters. The minimum atomic E-state index is -3.33. The molecule has 0 spiro atoms. The fourth-order valence-corrected chi connectivity index (χ4v) is 7.32. The molecule has 0 saturated heterocycles. The van der Waals surface area contributed by atoms with Gasteiger partial charge in [0.1, 0.15) is 0 Å². The summed E-state index contributed by atoms with van der Waals surface area (Å²) in [5, 5.41) is 0. The molecular formula is C24H27BiO3. The van der Waals surface area contributed by atoms with E-state index in [1.165, 1.54) is 0 Å². The molecule has 0 bridgehead atoms. The molecule has 0 unspecified atom stereocenters. The Hall–Kier alpha value is -2.06. The zero-order valence-electron chi connectivity index (χ0n) is 17.4. The topological polar surface area (TPSA) is 27.7 Å². The van der Waals surface area contributed by atoms with E-state index in [4.69, 9.17) is 8.44 Å². The zero-order valence-corrected chi connectivity index (χ0v) is 20.8. The third kappa shape index (κ3) is 5.26. The van der Waals surface area contributed by atoms with E-state index < -0.39 is 23.1 Å². The quantitative estimate of drug-likeness (QED) is 0.337. The van der Waals surface area contributed by atoms with Crippen LogP contribution in [-0.4, -0.2) is 23.1 Å². The summed E-state index contributed by atoms with van der Waals surface area (Å²) in [6, 6.07) is 18.6. The van der Waals surface area contributed by atoms with Crippen molar-refractivity contribution in [2.75, 3.05) is 0 Å². The number of benzene rings is 3. The molecule has 0 aliphatic heterocycles. The molecule has 0 aliphatic rings. The molecule has 28 heavy (non-hydrogen) atoms. The van der Waals surface area contributed by atoms with E-state index in [0.29, 0.717) is 0 Å². The van der Waals surface area contributed by atoms with Crippen LogP contribution in [0.2, 0.25) is 0 Å². The van der Waals surface area contributed by atoms with Crippen LogP contribution in [0.15, 0.2) is 54.6 Å². The maximum atomic E-state index is 6.38. The molecule has 3 nitrogen and oxygen atoms in total. The van der Waals surface area contributed by atoms with Crippen molar-refractivity contribution in [3.8, 4) is 17.2 Å². The van der Waals surface area contributed by atoms with Gasteiger partial charge < -0.3 is 0 Å². The Morgan fingerprint density at radius 3 is 1.04 bits per heavy atom. The van der Waals surface area contributed by atoms with Gasteiger partial charge in [-0.25, -0.2) is 0 Å². The second-order valence-electron chi connectivity index (χ2n) is 7.30. The molecule has 3 rings (SSSR count). The molecule has 0 N–H and O–H groups in total. The molecule has 146 valence electrons. The van der Waals surface area contributed by atoms with Gasteiger partial charge in [-0.05, 0) is 0 Å². The third-order valence-electron chi connectivity index (χ3n) is 4.55. The number of hydrogen-bond acceptors (Lipinski definition) is 3. The first-order chi connectivity index (χ1) is 13.3. The molecular weight excluding hydrogens is 545 g/mol. The zero-order chi connectivity index (χ0) is 20.3. The first-order valence-corrected chi connectivity index (χ1v) is 13.6. The average molecular weight is 572 g/mol. The first-order valence-electron chi connectivity index (χ1n) is 9.37. The van der Waals surface area contributed by atoms with Gasteiger partial charge in [0, 0.05) is 0 Å². The summed E-state index contributed by atoms with van der Waals surface area (Å²) in [5.41, 5.74) is 6.72. The Kier molecular flexibility index (Phi) is 6.62. The van der Waals surface area contributed by atoms with Gasteiger partial charge in [0.05, 0.1) is 0 Å². The van der Waals surface area contributed by atoms with Crippen molar-refractivity contribution in [1.82, 2.24) is 0 Å². The van der Waals surface area contributed by atoms with Crippen molar-refractivity contribution >= 4 is 23.1 Å². The van der Waals surface area contributed by atoms with Crippen LogP contribution in [0.1, 0.15) is 33.4 Å². The van der Waals surface area contributed by atoms with Crippen LogP contribution >= 0.6 is 0 Å². The van der Waals surface area contributed by atoms with E-state index in [0.717, 1.165) is 50.6 Å². The summed E-state index contributed by atoms with van der Waals surface area (Å²) in [6.45, 7) is 12.3. The summed E-state index contributed by atoms with van der Waals surface area (Å²) in [4.78, 5) is 0. The van der Waals surface area contributed by atoms with E-state index in [1.54, 1.807) is 0 Å². The molecule has 4 heteroatoms. The molecule has 0 fully saturated rings. The van der Waals surface area contributed by atoms with Crippen LogP contribution in [0, 0.1) is 41.5 Å². The monoisotopic (exact) mass is 572 g/mol. The molecule has 0 aliphatic carbocycles. The van der Waals surface area contributed by atoms with E-state index in [-0.39, 0.29) is 0 Å². The second-order valence-corrected chi connectivity index (χ2v) is 11.2. The Labute approximate surface area is 177 Å². The first kappa shape index (κ1) is 20.7. The van der Waals surface area contributed by atoms with Gasteiger partial charge in [-0.1, -0.05) is 0 Å². The summed E-state index contributed by atoms with van der Waals surface area (Å²) >= 11 is -3.33. The minimum absolute atomic E-state index is 0.841. The Bertz CT molecular complexity index is 854. The summed E-state index contributed by atoms with van der Waals surface area (Å²) in [6.07, 6.45) is 0. The van der Waals surface area contributed by atoms with Crippen molar-refractivity contribution < 1.29 is 8.44 Å². The fourth-order valence-electron chi connectivity index (χ4n) is 2.71. The van der Waals surface area contributed by atoms with Gasteiger partial charge >= 0.3 is 178 Å². The summed E-state index contributed by atoms with van der Waals surface area (Å²) in [7, 11) is 0. The Balaban J connectivity index is 1.94. The SMILES string of the molecule is Cc1ccc(C)c([O][Bi]([O]c2cc(C)ccc2C)[O]c2cc(C)ccc2C)c1. The van der Waals surface area contributed by atoms with E-state index in [1.807, 2.05) is 20.8 Å². The predicted octanol–water partition coefficient (Wildman–Crippen LogP) is 6.06. The van der Waals surface area contributed by atoms with Crippen LogP contribution in [0.4, 0.5) is 0 Å². The molecule has 0 aromatic heterocycles. The number of hydrogen-bond donors (Lipinski definition) is 0. The molecule has 0 amide bonds. The fraction of sp³-hybridized carbons (Fsp3) is 0.250. The average Bonchev–Trinajstić information content (AvgIpc) is 2.64. The Morgan fingerprint density at radius 2 is 0.750 bits per heavy atom. The van der Waals surface area contributed by atoms with Crippen LogP contribution in [0.25, 0.3) is 0 Å². The van der Waals surface area contributed by atoms with Gasteiger partial charge in [0.2, 0.25) is 0 Å². The van der Waals surface area contributed by atoms with Gasteiger partial charge in [-0.2, -0.15) is 0 Å². The van der Waals surface area contributed by atoms with Gasteiger partial charge in [-0.3, -0.25) is 0 Å². The molecule has 3 aromatic rings. The number of rotatable bonds is 6. The Morgan fingerprint density at radius 1 is 0.464 bits per heavy atom. The van der Waals surface area contributed by atoms with Crippen LogP contribution < -0.4 is 8.44 Å². The van der Waals surface area contributed by atoms with Crippen molar-refractivity contribution in [2.24, 2.45) is 0 Å². The third-order valence-corrected chi connectivity index (χ3v) is 8.58. The molecule has 0 saturated carbocycles. The second kappa shape index (κ2) is 8.96. The standard InChI is InChI=1S/3C8H10O.Bi/c3*1-6-3-4-7(2)8(9)5-6;/h3*3-5,9H,1-2H3;/q;;;+3/p-3. The van der Waals surface area contributed by atoms with Crippen molar-refractivity contribution in [2.45, 2.75) is 41.5 Å². The van der Waals surface area contributed by atoms with Crippen LogP contribution in [0.3, 0.4) is 0 Å². The van der Waals surface area contributed by atoms with Gasteiger partial charge in [-0.15, -0.1) is 0 Å². The van der Waals surface area contributed by atoms with Crippen molar-refractivity contribution in [3.05, 3.63) is 88.0 Å². The molecule has 0 heterocycles.